The molecule has 0 amide bonds. The van der Waals surface area contributed by atoms with Crippen molar-refractivity contribution in [1.82, 2.24) is 0 Å². The Kier molecular flexibility index (Phi) is 2.10. The highest BCUT2D eigenvalue weighted by atomic mass is 16.6. The Bertz CT molecular complexity index is 305. The van der Waals surface area contributed by atoms with Gasteiger partial charge in [-0.25, -0.2) is 0 Å². The van der Waals surface area contributed by atoms with E-state index in [1.807, 2.05) is 19.1 Å². The van der Waals surface area contributed by atoms with Crippen LogP contribution in [0.1, 0.15) is 5.56 Å². The third-order valence-corrected chi connectivity index (χ3v) is 1.94. The van der Waals surface area contributed by atoms with Crippen molar-refractivity contribution < 1.29 is 14.6 Å². The fourth-order valence-corrected chi connectivity index (χ4v) is 1.08. The second-order valence-corrected chi connectivity index (χ2v) is 3.24. The van der Waals surface area contributed by atoms with Crippen molar-refractivity contribution in [3.05, 3.63) is 23.8 Å². The van der Waals surface area contributed by atoms with E-state index in [0.29, 0.717) is 12.4 Å². The van der Waals surface area contributed by atoms with E-state index in [1.165, 1.54) is 0 Å². The number of aryl methyl sites for hydroxylation is 1. The highest BCUT2D eigenvalue weighted by Gasteiger charge is 2.23. The van der Waals surface area contributed by atoms with Crippen molar-refractivity contribution in [2.75, 3.05) is 13.2 Å². The number of rotatable bonds is 3. The maximum Gasteiger partial charge on any atom is 0.161 e. The lowest BCUT2D eigenvalue weighted by Gasteiger charge is -2.06. The number of phenolic OH excluding ortho intramolecular Hbond substituents is 1. The van der Waals surface area contributed by atoms with Gasteiger partial charge in [-0.1, -0.05) is 6.07 Å². The number of benzene rings is 1. The molecule has 0 aliphatic carbocycles. The summed E-state index contributed by atoms with van der Waals surface area (Å²) in [6.07, 6.45) is 0.222. The SMILES string of the molecule is Cc1ccc(O)c(OCC2CO2)c1. The number of phenols is 1. The van der Waals surface area contributed by atoms with Gasteiger partial charge in [-0.3, -0.25) is 0 Å². The molecule has 0 radical (unpaired) electrons. The van der Waals surface area contributed by atoms with E-state index in [2.05, 4.69) is 0 Å². The molecule has 1 saturated heterocycles. The second-order valence-electron chi connectivity index (χ2n) is 3.24. The first-order valence-electron chi connectivity index (χ1n) is 4.30. The molecule has 3 heteroatoms. The van der Waals surface area contributed by atoms with Crippen LogP contribution in [0.3, 0.4) is 0 Å². The van der Waals surface area contributed by atoms with E-state index < -0.39 is 0 Å². The molecule has 1 aromatic carbocycles. The highest BCUT2D eigenvalue weighted by Crippen LogP contribution is 2.27. The molecule has 1 N–H and O–H groups in total. The first-order chi connectivity index (χ1) is 6.25. The van der Waals surface area contributed by atoms with Gasteiger partial charge in [0.1, 0.15) is 12.7 Å². The van der Waals surface area contributed by atoms with Crippen LogP contribution in [0.4, 0.5) is 0 Å². The highest BCUT2D eigenvalue weighted by molar-refractivity contribution is 5.41. The monoisotopic (exact) mass is 180 g/mol. The first kappa shape index (κ1) is 8.38. The Morgan fingerprint density at radius 1 is 1.62 bits per heavy atom. The molecule has 1 aliphatic heterocycles. The van der Waals surface area contributed by atoms with Crippen molar-refractivity contribution in [3.63, 3.8) is 0 Å². The van der Waals surface area contributed by atoms with E-state index in [1.54, 1.807) is 6.07 Å². The largest absolute Gasteiger partial charge is 0.504 e. The van der Waals surface area contributed by atoms with Gasteiger partial charge in [0, 0.05) is 0 Å². The molecule has 1 unspecified atom stereocenters. The molecule has 1 aliphatic rings. The van der Waals surface area contributed by atoms with Gasteiger partial charge in [0.25, 0.3) is 0 Å². The maximum atomic E-state index is 9.40. The van der Waals surface area contributed by atoms with E-state index >= 15 is 0 Å². The minimum atomic E-state index is 0.186. The van der Waals surface area contributed by atoms with Crippen molar-refractivity contribution in [1.29, 1.82) is 0 Å². The summed E-state index contributed by atoms with van der Waals surface area (Å²) in [7, 11) is 0. The van der Waals surface area contributed by atoms with E-state index in [4.69, 9.17) is 9.47 Å². The number of ether oxygens (including phenoxy) is 2. The molecule has 1 atom stereocenters. The quantitative estimate of drug-likeness (QED) is 0.716. The van der Waals surface area contributed by atoms with Gasteiger partial charge >= 0.3 is 0 Å². The lowest BCUT2D eigenvalue weighted by atomic mass is 10.2. The van der Waals surface area contributed by atoms with E-state index in [9.17, 15) is 5.11 Å². The molecule has 1 heterocycles. The number of epoxide rings is 1. The Morgan fingerprint density at radius 3 is 3.08 bits per heavy atom. The van der Waals surface area contributed by atoms with Crippen molar-refractivity contribution >= 4 is 0 Å². The number of aromatic hydroxyl groups is 1. The number of hydrogen-bond acceptors (Lipinski definition) is 3. The third-order valence-electron chi connectivity index (χ3n) is 1.94. The fourth-order valence-electron chi connectivity index (χ4n) is 1.08. The summed E-state index contributed by atoms with van der Waals surface area (Å²) < 4.78 is 10.4. The smallest absolute Gasteiger partial charge is 0.161 e. The average Bonchev–Trinajstić information content (AvgIpc) is 2.90. The summed E-state index contributed by atoms with van der Waals surface area (Å²) in [5.74, 6) is 0.724. The molecule has 2 rings (SSSR count). The Labute approximate surface area is 76.9 Å². The van der Waals surface area contributed by atoms with Crippen LogP contribution in [-0.2, 0) is 4.74 Å². The normalized spacial score (nSPS) is 19.9. The zero-order valence-electron chi connectivity index (χ0n) is 7.49. The summed E-state index contributed by atoms with van der Waals surface area (Å²) in [4.78, 5) is 0. The topological polar surface area (TPSA) is 42.0 Å². The van der Waals surface area contributed by atoms with Crippen LogP contribution in [0.15, 0.2) is 18.2 Å². The number of hydrogen-bond donors (Lipinski definition) is 1. The molecule has 13 heavy (non-hydrogen) atoms. The van der Waals surface area contributed by atoms with Crippen LogP contribution >= 0.6 is 0 Å². The Hall–Kier alpha value is -1.22. The molecular formula is C10H12O3. The Balaban J connectivity index is 2.03. The van der Waals surface area contributed by atoms with Crippen LogP contribution in [0, 0.1) is 6.92 Å². The molecular weight excluding hydrogens is 168 g/mol. The van der Waals surface area contributed by atoms with Gasteiger partial charge in [0.05, 0.1) is 6.61 Å². The maximum absolute atomic E-state index is 9.40. The predicted molar refractivity (Wildman–Crippen MR) is 48.1 cm³/mol. The third kappa shape index (κ3) is 2.12. The van der Waals surface area contributed by atoms with Gasteiger partial charge in [-0.2, -0.15) is 0 Å². The van der Waals surface area contributed by atoms with E-state index in [0.717, 1.165) is 12.2 Å². The van der Waals surface area contributed by atoms with Crippen molar-refractivity contribution in [3.8, 4) is 11.5 Å². The van der Waals surface area contributed by atoms with E-state index in [-0.39, 0.29) is 11.9 Å². The van der Waals surface area contributed by atoms with Crippen LogP contribution in [0.5, 0.6) is 11.5 Å². The lowest BCUT2D eigenvalue weighted by molar-refractivity contribution is 0.254. The van der Waals surface area contributed by atoms with Crippen LogP contribution in [-0.4, -0.2) is 24.4 Å². The lowest BCUT2D eigenvalue weighted by Crippen LogP contribution is -2.04. The summed E-state index contributed by atoms with van der Waals surface area (Å²) in [5.41, 5.74) is 1.07. The summed E-state index contributed by atoms with van der Waals surface area (Å²) in [6, 6.07) is 5.30. The van der Waals surface area contributed by atoms with Crippen LogP contribution < -0.4 is 4.74 Å². The fraction of sp³-hybridized carbons (Fsp3) is 0.400. The second kappa shape index (κ2) is 3.26. The zero-order valence-corrected chi connectivity index (χ0v) is 7.49. The average molecular weight is 180 g/mol. The summed E-state index contributed by atoms with van der Waals surface area (Å²) >= 11 is 0. The van der Waals surface area contributed by atoms with Crippen molar-refractivity contribution in [2.45, 2.75) is 13.0 Å². The molecule has 70 valence electrons. The molecule has 0 bridgehead atoms. The molecule has 3 nitrogen and oxygen atoms in total. The first-order valence-corrected chi connectivity index (χ1v) is 4.30. The van der Waals surface area contributed by atoms with Gasteiger partial charge in [0.2, 0.25) is 0 Å². The summed E-state index contributed by atoms with van der Waals surface area (Å²) in [6.45, 7) is 3.25. The van der Waals surface area contributed by atoms with Crippen LogP contribution in [0.2, 0.25) is 0 Å². The molecule has 1 aromatic rings. The van der Waals surface area contributed by atoms with Gasteiger partial charge < -0.3 is 14.6 Å². The predicted octanol–water partition coefficient (Wildman–Crippen LogP) is 1.48. The molecule has 0 aromatic heterocycles. The molecule has 1 fully saturated rings. The van der Waals surface area contributed by atoms with Gasteiger partial charge in [-0.15, -0.1) is 0 Å². The zero-order chi connectivity index (χ0) is 9.26. The minimum absolute atomic E-state index is 0.186. The van der Waals surface area contributed by atoms with Crippen molar-refractivity contribution in [2.24, 2.45) is 0 Å². The minimum Gasteiger partial charge on any atom is -0.504 e. The summed E-state index contributed by atoms with van der Waals surface area (Å²) in [5, 5.41) is 9.40. The molecule has 0 spiro atoms. The Morgan fingerprint density at radius 2 is 2.38 bits per heavy atom. The van der Waals surface area contributed by atoms with Gasteiger partial charge in [-0.05, 0) is 24.6 Å². The van der Waals surface area contributed by atoms with Crippen LogP contribution in [0.25, 0.3) is 0 Å². The standard InChI is InChI=1S/C10H12O3/c1-7-2-3-9(11)10(4-7)13-6-8-5-12-8/h2-4,8,11H,5-6H2,1H3. The van der Waals surface area contributed by atoms with Gasteiger partial charge in [0.15, 0.2) is 11.5 Å². The molecule has 0 saturated carbocycles.